The molecule has 0 amide bonds. The molecule has 0 saturated carbocycles. The summed E-state index contributed by atoms with van der Waals surface area (Å²) >= 11 is 0. The van der Waals surface area contributed by atoms with Gasteiger partial charge in [0.1, 0.15) is 0 Å². The van der Waals surface area contributed by atoms with Gasteiger partial charge in [0, 0.05) is 6.04 Å². The van der Waals surface area contributed by atoms with Crippen LogP contribution in [0.1, 0.15) is 54.4 Å². The van der Waals surface area contributed by atoms with Crippen molar-refractivity contribution in [3.63, 3.8) is 0 Å². The maximum absolute atomic E-state index is 5.80. The third-order valence-corrected chi connectivity index (χ3v) is 3.63. The van der Waals surface area contributed by atoms with Gasteiger partial charge in [-0.2, -0.15) is 0 Å². The highest BCUT2D eigenvalue weighted by atomic mass is 14.6. The van der Waals surface area contributed by atoms with E-state index in [4.69, 9.17) is 5.73 Å². The highest BCUT2D eigenvalue weighted by molar-refractivity contribution is 5.47. The Morgan fingerprint density at radius 1 is 1.05 bits per heavy atom. The van der Waals surface area contributed by atoms with E-state index >= 15 is 0 Å². The van der Waals surface area contributed by atoms with Crippen LogP contribution >= 0.6 is 0 Å². The van der Waals surface area contributed by atoms with Crippen molar-refractivity contribution in [3.05, 3.63) is 59.3 Å². The zero-order valence-electron chi connectivity index (χ0n) is 14.8. The van der Waals surface area contributed by atoms with Gasteiger partial charge in [-0.3, -0.25) is 0 Å². The summed E-state index contributed by atoms with van der Waals surface area (Å²) in [6.45, 7) is 20.9. The quantitative estimate of drug-likeness (QED) is 0.568. The lowest BCUT2D eigenvalue weighted by Crippen LogP contribution is -2.12. The SMILES string of the molecule is C=C(C)C(=C\C(C)=C\CC(C)N)/C=C(\C(=C)C)[C@@H](C)CC. The first-order valence-corrected chi connectivity index (χ1v) is 7.86. The molecule has 0 radical (unpaired) electrons. The first-order chi connectivity index (χ1) is 9.68. The molecule has 0 rings (SSSR count). The molecule has 0 spiro atoms. The molecule has 0 aromatic heterocycles. The number of hydrogen-bond donors (Lipinski definition) is 1. The van der Waals surface area contributed by atoms with Crippen LogP contribution in [0.15, 0.2) is 59.3 Å². The Labute approximate surface area is 132 Å². The van der Waals surface area contributed by atoms with Crippen LogP contribution in [-0.2, 0) is 0 Å². The zero-order valence-corrected chi connectivity index (χ0v) is 14.8. The minimum Gasteiger partial charge on any atom is -0.328 e. The van der Waals surface area contributed by atoms with Crippen molar-refractivity contribution in [1.29, 1.82) is 0 Å². The third kappa shape index (κ3) is 7.87. The molecule has 0 aliphatic carbocycles. The smallest absolute Gasteiger partial charge is 0.00452 e. The molecule has 2 atom stereocenters. The maximum Gasteiger partial charge on any atom is 0.00452 e. The molecule has 0 aromatic rings. The second-order valence-corrected chi connectivity index (χ2v) is 6.23. The second kappa shape index (κ2) is 9.57. The number of nitrogens with two attached hydrogens (primary N) is 1. The zero-order chi connectivity index (χ0) is 16.6. The first-order valence-electron chi connectivity index (χ1n) is 7.86. The van der Waals surface area contributed by atoms with Gasteiger partial charge < -0.3 is 5.73 Å². The van der Waals surface area contributed by atoms with E-state index in [9.17, 15) is 0 Å². The van der Waals surface area contributed by atoms with Gasteiger partial charge in [-0.15, -0.1) is 0 Å². The molecule has 0 aliphatic rings. The van der Waals surface area contributed by atoms with Gasteiger partial charge in [0.2, 0.25) is 0 Å². The number of hydrogen-bond acceptors (Lipinski definition) is 1. The highest BCUT2D eigenvalue weighted by Crippen LogP contribution is 2.25. The summed E-state index contributed by atoms with van der Waals surface area (Å²) in [5.41, 5.74) is 11.7. The predicted molar refractivity (Wildman–Crippen MR) is 97.3 cm³/mol. The van der Waals surface area contributed by atoms with Crippen LogP contribution in [0.5, 0.6) is 0 Å². The van der Waals surface area contributed by atoms with Gasteiger partial charge >= 0.3 is 0 Å². The third-order valence-electron chi connectivity index (χ3n) is 3.63. The molecule has 1 unspecified atom stereocenters. The summed E-state index contributed by atoms with van der Waals surface area (Å²) in [5.74, 6) is 0.513. The van der Waals surface area contributed by atoms with E-state index in [-0.39, 0.29) is 6.04 Å². The van der Waals surface area contributed by atoms with Crippen molar-refractivity contribution >= 4 is 0 Å². The topological polar surface area (TPSA) is 26.0 Å². The monoisotopic (exact) mass is 287 g/mol. The van der Waals surface area contributed by atoms with Gasteiger partial charge in [0.15, 0.2) is 0 Å². The Kier molecular flexibility index (Phi) is 8.96. The molecule has 0 fully saturated rings. The van der Waals surface area contributed by atoms with Crippen LogP contribution in [0.3, 0.4) is 0 Å². The molecule has 0 heterocycles. The summed E-state index contributed by atoms with van der Waals surface area (Å²) < 4.78 is 0. The Hall–Kier alpha value is -1.34. The molecule has 1 nitrogen and oxygen atoms in total. The molecule has 0 aliphatic heterocycles. The van der Waals surface area contributed by atoms with Crippen molar-refractivity contribution in [3.8, 4) is 0 Å². The van der Waals surface area contributed by atoms with Gasteiger partial charge in [0.25, 0.3) is 0 Å². The fourth-order valence-corrected chi connectivity index (χ4v) is 2.04. The largest absolute Gasteiger partial charge is 0.328 e. The van der Waals surface area contributed by atoms with Gasteiger partial charge in [0.05, 0.1) is 0 Å². The molecular weight excluding hydrogens is 254 g/mol. The van der Waals surface area contributed by atoms with Gasteiger partial charge in [-0.05, 0) is 57.6 Å². The molecule has 2 N–H and O–H groups in total. The summed E-state index contributed by atoms with van der Waals surface area (Å²) in [4.78, 5) is 0. The Morgan fingerprint density at radius 3 is 2.00 bits per heavy atom. The average Bonchev–Trinajstić information content (AvgIpc) is 2.39. The minimum atomic E-state index is 0.197. The number of rotatable bonds is 8. The van der Waals surface area contributed by atoms with E-state index in [1.54, 1.807) is 0 Å². The minimum absolute atomic E-state index is 0.197. The fourth-order valence-electron chi connectivity index (χ4n) is 2.04. The van der Waals surface area contributed by atoms with Crippen molar-refractivity contribution in [2.45, 2.75) is 60.4 Å². The lowest BCUT2D eigenvalue weighted by molar-refractivity contribution is 0.662. The summed E-state index contributed by atoms with van der Waals surface area (Å²) in [6.07, 6.45) is 8.62. The molecule has 21 heavy (non-hydrogen) atoms. The van der Waals surface area contributed by atoms with Gasteiger partial charge in [-0.25, -0.2) is 0 Å². The van der Waals surface area contributed by atoms with Crippen LogP contribution < -0.4 is 5.73 Å². The maximum atomic E-state index is 5.80. The van der Waals surface area contributed by atoms with E-state index in [1.165, 1.54) is 16.7 Å². The van der Waals surface area contributed by atoms with E-state index in [0.717, 1.165) is 24.0 Å². The van der Waals surface area contributed by atoms with Crippen LogP contribution in [0.4, 0.5) is 0 Å². The lowest BCUT2D eigenvalue weighted by atomic mass is 9.90. The first kappa shape index (κ1) is 19.7. The van der Waals surface area contributed by atoms with Crippen LogP contribution in [0, 0.1) is 5.92 Å². The summed E-state index contributed by atoms with van der Waals surface area (Å²) in [5, 5.41) is 0. The Bertz CT molecular complexity index is 458. The van der Waals surface area contributed by atoms with Crippen molar-refractivity contribution in [2.24, 2.45) is 11.7 Å². The van der Waals surface area contributed by atoms with Crippen LogP contribution in [-0.4, -0.2) is 6.04 Å². The Morgan fingerprint density at radius 2 is 1.62 bits per heavy atom. The molecule has 1 heteroatoms. The van der Waals surface area contributed by atoms with E-state index in [1.807, 2.05) is 13.8 Å². The summed E-state index contributed by atoms with van der Waals surface area (Å²) in [7, 11) is 0. The van der Waals surface area contributed by atoms with Crippen LogP contribution in [0.2, 0.25) is 0 Å². The fraction of sp³-hybridized carbons (Fsp3) is 0.500. The normalized spacial score (nSPS) is 16.6. The molecule has 0 aromatic carbocycles. The van der Waals surface area contributed by atoms with E-state index < -0.39 is 0 Å². The molecule has 0 bridgehead atoms. The second-order valence-electron chi connectivity index (χ2n) is 6.23. The highest BCUT2D eigenvalue weighted by Gasteiger charge is 2.08. The van der Waals surface area contributed by atoms with E-state index in [2.05, 4.69) is 59.1 Å². The average molecular weight is 287 g/mol. The predicted octanol–water partition coefficient (Wildman–Crippen LogP) is 5.72. The van der Waals surface area contributed by atoms with Gasteiger partial charge in [-0.1, -0.05) is 62.0 Å². The van der Waals surface area contributed by atoms with Crippen molar-refractivity contribution in [2.75, 3.05) is 0 Å². The summed E-state index contributed by atoms with van der Waals surface area (Å²) in [6, 6.07) is 0.197. The van der Waals surface area contributed by atoms with Crippen molar-refractivity contribution in [1.82, 2.24) is 0 Å². The van der Waals surface area contributed by atoms with Crippen molar-refractivity contribution < 1.29 is 0 Å². The van der Waals surface area contributed by atoms with Crippen LogP contribution in [0.25, 0.3) is 0 Å². The number of allylic oxidation sites excluding steroid dienone is 7. The van der Waals surface area contributed by atoms with E-state index in [0.29, 0.717) is 5.92 Å². The lowest BCUT2D eigenvalue weighted by Gasteiger charge is -2.16. The molecular formula is C20H33N. The molecule has 0 saturated heterocycles. The Balaban J connectivity index is 5.54. The molecule has 118 valence electrons. The standard InChI is InChI=1S/C20H33N/c1-9-17(7)20(15(4)5)13-19(14(2)3)12-16(6)10-11-18(8)21/h10,12-13,17-18H,2,4,9,11,21H2,1,3,5-8H3/b16-10+,19-12-,20-13+/t17-,18?/m0/s1.